The van der Waals surface area contributed by atoms with Gasteiger partial charge < -0.3 is 9.80 Å². The van der Waals surface area contributed by atoms with E-state index in [1.54, 1.807) is 16.7 Å². The van der Waals surface area contributed by atoms with Crippen LogP contribution in [-0.2, 0) is 19.6 Å². The Labute approximate surface area is 151 Å². The summed E-state index contributed by atoms with van der Waals surface area (Å²) >= 11 is 0. The largest absolute Gasteiger partial charge is 0.339 e. The first-order valence-electron chi connectivity index (χ1n) is 8.25. The van der Waals surface area contributed by atoms with Gasteiger partial charge in [-0.2, -0.15) is 0 Å². The second kappa shape index (κ2) is 8.54. The topological polar surface area (TPSA) is 86.8 Å². The summed E-state index contributed by atoms with van der Waals surface area (Å²) in [5.74, 6) is -2.60. The molecule has 1 aromatic carbocycles. The van der Waals surface area contributed by atoms with Crippen molar-refractivity contribution in [3.8, 4) is 0 Å². The minimum Gasteiger partial charge on any atom is -0.339 e. The molecule has 0 bridgehead atoms. The van der Waals surface area contributed by atoms with Crippen LogP contribution in [0.1, 0.15) is 19.8 Å². The predicted octanol–water partition coefficient (Wildman–Crippen LogP) is 0.714. The Kier molecular flexibility index (Phi) is 6.65. The van der Waals surface area contributed by atoms with Crippen LogP contribution in [0.2, 0.25) is 0 Å². The van der Waals surface area contributed by atoms with Crippen LogP contribution in [0.3, 0.4) is 0 Å². The third-order valence-corrected chi connectivity index (χ3v) is 5.58. The van der Waals surface area contributed by atoms with Crippen molar-refractivity contribution in [2.24, 2.45) is 0 Å². The average Bonchev–Trinajstić information content (AvgIpc) is 2.63. The zero-order chi connectivity index (χ0) is 19.3. The van der Waals surface area contributed by atoms with Gasteiger partial charge in [-0.05, 0) is 18.2 Å². The number of halogens is 2. The molecule has 0 unspecified atom stereocenters. The molecule has 0 atom stereocenters. The SMILES string of the molecule is CCC(=O)N1CCN(C(=O)CCNS(=O)(=O)c2ccc(F)c(F)c2)CC1. The summed E-state index contributed by atoms with van der Waals surface area (Å²) in [5, 5.41) is 0. The van der Waals surface area contributed by atoms with Gasteiger partial charge in [-0.1, -0.05) is 6.92 Å². The van der Waals surface area contributed by atoms with E-state index >= 15 is 0 Å². The Morgan fingerprint density at radius 1 is 1.04 bits per heavy atom. The molecule has 0 spiro atoms. The first-order valence-corrected chi connectivity index (χ1v) is 9.73. The second-order valence-electron chi connectivity index (χ2n) is 5.84. The highest BCUT2D eigenvalue weighted by molar-refractivity contribution is 7.89. The number of nitrogens with zero attached hydrogens (tertiary/aromatic N) is 2. The lowest BCUT2D eigenvalue weighted by atomic mass is 10.2. The minimum atomic E-state index is -4.03. The fourth-order valence-corrected chi connectivity index (χ4v) is 3.65. The summed E-state index contributed by atoms with van der Waals surface area (Å²) < 4.78 is 52.3. The number of nitrogens with one attached hydrogen (secondary N) is 1. The molecule has 2 amide bonds. The molecule has 1 fully saturated rings. The van der Waals surface area contributed by atoms with E-state index < -0.39 is 26.6 Å². The summed E-state index contributed by atoms with van der Waals surface area (Å²) in [7, 11) is -4.03. The van der Waals surface area contributed by atoms with Crippen molar-refractivity contribution in [1.29, 1.82) is 0 Å². The summed E-state index contributed by atoms with van der Waals surface area (Å²) in [5.41, 5.74) is 0. The summed E-state index contributed by atoms with van der Waals surface area (Å²) in [6.07, 6.45) is 0.352. The maximum atomic E-state index is 13.2. The lowest BCUT2D eigenvalue weighted by Crippen LogP contribution is -2.50. The molecule has 26 heavy (non-hydrogen) atoms. The highest BCUT2D eigenvalue weighted by Crippen LogP contribution is 2.13. The van der Waals surface area contributed by atoms with E-state index in [4.69, 9.17) is 0 Å². The monoisotopic (exact) mass is 389 g/mol. The molecule has 1 heterocycles. The Bertz CT molecular complexity index is 778. The minimum absolute atomic E-state index is 0.0383. The molecule has 1 saturated heterocycles. The van der Waals surface area contributed by atoms with Crippen LogP contribution in [0, 0.1) is 11.6 Å². The van der Waals surface area contributed by atoms with Gasteiger partial charge in [0.1, 0.15) is 0 Å². The third kappa shape index (κ3) is 4.98. The lowest BCUT2D eigenvalue weighted by Gasteiger charge is -2.34. The van der Waals surface area contributed by atoms with Crippen LogP contribution < -0.4 is 4.72 Å². The van der Waals surface area contributed by atoms with Crippen molar-refractivity contribution in [1.82, 2.24) is 14.5 Å². The Morgan fingerprint density at radius 2 is 1.62 bits per heavy atom. The van der Waals surface area contributed by atoms with E-state index in [0.717, 1.165) is 12.1 Å². The van der Waals surface area contributed by atoms with Gasteiger partial charge in [0.2, 0.25) is 21.8 Å². The van der Waals surface area contributed by atoms with Crippen LogP contribution in [-0.4, -0.2) is 62.8 Å². The summed E-state index contributed by atoms with van der Waals surface area (Å²) in [6, 6.07) is 2.27. The molecule has 1 N–H and O–H groups in total. The maximum Gasteiger partial charge on any atom is 0.240 e. The first kappa shape index (κ1) is 20.2. The molecule has 10 heteroatoms. The molecule has 0 aromatic heterocycles. The van der Waals surface area contributed by atoms with Gasteiger partial charge in [-0.25, -0.2) is 21.9 Å². The number of hydrogen-bond acceptors (Lipinski definition) is 4. The standard InChI is InChI=1S/C16H21F2N3O4S/c1-2-15(22)20-7-9-21(10-8-20)16(23)5-6-19-26(24,25)12-3-4-13(17)14(18)11-12/h3-4,11,19H,2,5-10H2,1H3. The molecular formula is C16H21F2N3O4S. The molecule has 0 saturated carbocycles. The van der Waals surface area contributed by atoms with Gasteiger partial charge in [-0.3, -0.25) is 9.59 Å². The van der Waals surface area contributed by atoms with Gasteiger partial charge >= 0.3 is 0 Å². The average molecular weight is 389 g/mol. The molecule has 1 aliphatic heterocycles. The number of hydrogen-bond donors (Lipinski definition) is 1. The van der Waals surface area contributed by atoms with E-state index in [1.807, 2.05) is 0 Å². The quantitative estimate of drug-likeness (QED) is 0.777. The summed E-state index contributed by atoms with van der Waals surface area (Å²) in [4.78, 5) is 26.6. The Morgan fingerprint density at radius 3 is 2.15 bits per heavy atom. The molecule has 0 aliphatic carbocycles. The fraction of sp³-hybridized carbons (Fsp3) is 0.500. The van der Waals surface area contributed by atoms with Crippen LogP contribution in [0.5, 0.6) is 0 Å². The van der Waals surface area contributed by atoms with Crippen molar-refractivity contribution < 1.29 is 26.8 Å². The number of piperazine rings is 1. The van der Waals surface area contributed by atoms with Gasteiger partial charge in [0.15, 0.2) is 11.6 Å². The van der Waals surface area contributed by atoms with Crippen LogP contribution in [0.4, 0.5) is 8.78 Å². The highest BCUT2D eigenvalue weighted by Gasteiger charge is 2.23. The Hall–Kier alpha value is -2.07. The summed E-state index contributed by atoms with van der Waals surface area (Å²) in [6.45, 7) is 3.34. The van der Waals surface area contributed by atoms with Crippen molar-refractivity contribution in [3.63, 3.8) is 0 Å². The zero-order valence-corrected chi connectivity index (χ0v) is 15.2. The number of rotatable bonds is 6. The van der Waals surface area contributed by atoms with E-state index in [1.165, 1.54) is 0 Å². The van der Waals surface area contributed by atoms with Crippen molar-refractivity contribution in [2.45, 2.75) is 24.7 Å². The third-order valence-electron chi connectivity index (χ3n) is 4.12. The van der Waals surface area contributed by atoms with Gasteiger partial charge in [0, 0.05) is 45.6 Å². The molecule has 7 nitrogen and oxygen atoms in total. The molecular weight excluding hydrogens is 368 g/mol. The van der Waals surface area contributed by atoms with Crippen LogP contribution in [0.15, 0.2) is 23.1 Å². The Balaban J connectivity index is 1.82. The maximum absolute atomic E-state index is 13.2. The molecule has 0 radical (unpaired) electrons. The van der Waals surface area contributed by atoms with Crippen molar-refractivity contribution in [3.05, 3.63) is 29.8 Å². The van der Waals surface area contributed by atoms with Crippen LogP contribution >= 0.6 is 0 Å². The van der Waals surface area contributed by atoms with Crippen molar-refractivity contribution >= 4 is 21.8 Å². The van der Waals surface area contributed by atoms with E-state index in [9.17, 15) is 26.8 Å². The normalized spacial score (nSPS) is 15.2. The molecule has 2 rings (SSSR count). The lowest BCUT2D eigenvalue weighted by molar-refractivity contribution is -0.139. The van der Waals surface area contributed by atoms with E-state index in [0.29, 0.717) is 38.7 Å². The van der Waals surface area contributed by atoms with Crippen LogP contribution in [0.25, 0.3) is 0 Å². The number of sulfonamides is 1. The van der Waals surface area contributed by atoms with Gasteiger partial charge in [-0.15, -0.1) is 0 Å². The van der Waals surface area contributed by atoms with Crippen molar-refractivity contribution in [2.75, 3.05) is 32.7 Å². The molecule has 144 valence electrons. The fourth-order valence-electron chi connectivity index (χ4n) is 2.61. The van der Waals surface area contributed by atoms with E-state index in [2.05, 4.69) is 4.72 Å². The predicted molar refractivity (Wildman–Crippen MR) is 89.6 cm³/mol. The van der Waals surface area contributed by atoms with E-state index in [-0.39, 0.29) is 24.8 Å². The van der Waals surface area contributed by atoms with Gasteiger partial charge in [0.25, 0.3) is 0 Å². The van der Waals surface area contributed by atoms with Gasteiger partial charge in [0.05, 0.1) is 4.90 Å². The number of carbonyl (C=O) groups is 2. The second-order valence-corrected chi connectivity index (χ2v) is 7.61. The highest BCUT2D eigenvalue weighted by atomic mass is 32.2. The molecule has 1 aliphatic rings. The number of benzene rings is 1. The number of amides is 2. The smallest absolute Gasteiger partial charge is 0.240 e. The first-order chi connectivity index (χ1) is 12.2. The zero-order valence-electron chi connectivity index (χ0n) is 14.4. The molecule has 1 aromatic rings. The number of carbonyl (C=O) groups excluding carboxylic acids is 2.